The Hall–Kier alpha value is -5.09. The molecule has 3 aromatic carbocycles. The van der Waals surface area contributed by atoms with Gasteiger partial charge >= 0.3 is 5.97 Å². The van der Waals surface area contributed by atoms with E-state index in [0.29, 0.717) is 28.3 Å². The normalized spacial score (nSPS) is 11.1. The lowest BCUT2D eigenvalue weighted by Crippen LogP contribution is -2.43. The predicted octanol–water partition coefficient (Wildman–Crippen LogP) is 3.86. The van der Waals surface area contributed by atoms with Crippen LogP contribution in [0.3, 0.4) is 0 Å². The maximum absolute atomic E-state index is 13.8. The number of hydrogen-bond donors (Lipinski definition) is 5. The molecule has 0 heterocycles. The molecular weight excluding hydrogens is 486 g/mol. The third-order valence-corrected chi connectivity index (χ3v) is 5.40. The summed E-state index contributed by atoms with van der Waals surface area (Å²) in [6, 6.07) is 16.5. The Labute approximate surface area is 220 Å². The summed E-state index contributed by atoms with van der Waals surface area (Å²) in [5.74, 6) is 5.05. The average Bonchev–Trinajstić information content (AvgIpc) is 2.93. The Kier molecular flexibility index (Phi) is 9.22. The van der Waals surface area contributed by atoms with Gasteiger partial charge in [-0.15, -0.1) is 0 Å². The Morgan fingerprint density at radius 1 is 1.00 bits per heavy atom. The van der Waals surface area contributed by atoms with E-state index in [2.05, 4.69) is 18.5 Å². The zero-order valence-electron chi connectivity index (χ0n) is 20.6. The highest BCUT2D eigenvalue weighted by atomic mass is 16.5. The number of ether oxygens (including phenoxy) is 2. The number of amidine groups is 1. The van der Waals surface area contributed by atoms with Crippen molar-refractivity contribution in [2.75, 3.05) is 23.5 Å². The van der Waals surface area contributed by atoms with Crippen LogP contribution in [0.2, 0.25) is 0 Å². The number of nitrogen functional groups attached to an aromatic ring is 1. The minimum Gasteiger partial charge on any atom is -0.486 e. The summed E-state index contributed by atoms with van der Waals surface area (Å²) in [4.78, 5) is 25.5. The number of hydrogen-bond acceptors (Lipinski definition) is 7. The fourth-order valence-corrected chi connectivity index (χ4v) is 3.56. The number of carbonyl (C=O) groups is 2. The summed E-state index contributed by atoms with van der Waals surface area (Å²) in [5, 5.41) is 21.1. The first kappa shape index (κ1) is 27.5. The van der Waals surface area contributed by atoms with E-state index in [1.54, 1.807) is 66.7 Å². The van der Waals surface area contributed by atoms with Gasteiger partial charge in [0.25, 0.3) is 5.91 Å². The molecule has 3 rings (SSSR count). The van der Waals surface area contributed by atoms with Crippen molar-refractivity contribution < 1.29 is 24.2 Å². The van der Waals surface area contributed by atoms with Gasteiger partial charge in [-0.05, 0) is 54.1 Å². The van der Waals surface area contributed by atoms with E-state index in [4.69, 9.17) is 26.5 Å². The highest BCUT2D eigenvalue weighted by Gasteiger charge is 2.29. The summed E-state index contributed by atoms with van der Waals surface area (Å²) in [5.41, 5.74) is 6.97. The van der Waals surface area contributed by atoms with Crippen LogP contribution < -0.4 is 31.4 Å². The van der Waals surface area contributed by atoms with Crippen LogP contribution in [0.1, 0.15) is 27.5 Å². The van der Waals surface area contributed by atoms with Crippen molar-refractivity contribution >= 4 is 29.1 Å². The van der Waals surface area contributed by atoms with Gasteiger partial charge in [0.2, 0.25) is 0 Å². The number of benzene rings is 3. The number of anilines is 2. The Balaban J connectivity index is 2.06. The average molecular weight is 516 g/mol. The number of nitrogens with one attached hydrogen (secondary N) is 2. The van der Waals surface area contributed by atoms with E-state index < -0.39 is 17.9 Å². The molecule has 0 radical (unpaired) electrons. The van der Waals surface area contributed by atoms with E-state index in [1.165, 1.54) is 12.1 Å². The van der Waals surface area contributed by atoms with Crippen molar-refractivity contribution in [3.05, 3.63) is 109 Å². The van der Waals surface area contributed by atoms with Gasteiger partial charge in [0, 0.05) is 11.3 Å². The minimum absolute atomic E-state index is 0.0257. The van der Waals surface area contributed by atoms with Gasteiger partial charge in [-0.1, -0.05) is 43.5 Å². The number of nitrogens with zero attached hydrogens (tertiary/aromatic N) is 1. The number of amides is 1. The topological polar surface area (TPSA) is 164 Å². The molecule has 0 aliphatic rings. The smallest absolute Gasteiger partial charge is 0.337 e. The van der Waals surface area contributed by atoms with Crippen molar-refractivity contribution in [3.8, 4) is 11.5 Å². The van der Waals surface area contributed by atoms with Gasteiger partial charge in [0.15, 0.2) is 11.5 Å². The number of nitrogens with two attached hydrogens (primary N) is 2. The van der Waals surface area contributed by atoms with E-state index in [1.807, 2.05) is 0 Å². The third kappa shape index (κ3) is 6.56. The summed E-state index contributed by atoms with van der Waals surface area (Å²) in [6.45, 7) is 7.75. The molecule has 1 atom stereocenters. The Morgan fingerprint density at radius 2 is 1.63 bits per heavy atom. The van der Waals surface area contributed by atoms with Gasteiger partial charge in [0.05, 0.1) is 11.3 Å². The van der Waals surface area contributed by atoms with E-state index in [9.17, 15) is 14.7 Å². The zero-order valence-corrected chi connectivity index (χ0v) is 20.6. The lowest BCUT2D eigenvalue weighted by Gasteiger charge is -2.26. The number of carbonyl (C=O) groups excluding carboxylic acids is 1. The summed E-state index contributed by atoms with van der Waals surface area (Å²) >= 11 is 0. The number of carboxylic acids is 1. The molecule has 10 heteroatoms. The van der Waals surface area contributed by atoms with Crippen molar-refractivity contribution in [1.82, 2.24) is 0 Å². The van der Waals surface area contributed by atoms with Gasteiger partial charge in [-0.25, -0.2) is 15.6 Å². The Bertz CT molecular complexity index is 1340. The molecule has 1 unspecified atom stereocenters. The first-order valence-electron chi connectivity index (χ1n) is 11.5. The minimum atomic E-state index is -1.22. The molecule has 196 valence electrons. The quantitative estimate of drug-likeness (QED) is 0.0572. The first-order chi connectivity index (χ1) is 18.3. The van der Waals surface area contributed by atoms with Crippen LogP contribution in [-0.2, 0) is 4.79 Å². The van der Waals surface area contributed by atoms with Crippen LogP contribution in [0.15, 0.2) is 92.0 Å². The molecule has 38 heavy (non-hydrogen) atoms. The van der Waals surface area contributed by atoms with Gasteiger partial charge in [-0.3, -0.25) is 10.2 Å². The molecule has 0 aromatic heterocycles. The van der Waals surface area contributed by atoms with Gasteiger partial charge in [0.1, 0.15) is 25.1 Å². The number of aromatic carboxylic acids is 1. The highest BCUT2D eigenvalue weighted by Crippen LogP contribution is 2.33. The van der Waals surface area contributed by atoms with Gasteiger partial charge < -0.3 is 25.6 Å². The second-order valence-corrected chi connectivity index (χ2v) is 8.00. The summed E-state index contributed by atoms with van der Waals surface area (Å²) < 4.78 is 11.4. The van der Waals surface area contributed by atoms with E-state index in [-0.39, 0.29) is 30.3 Å². The van der Waals surface area contributed by atoms with Crippen molar-refractivity contribution in [1.29, 1.82) is 5.41 Å². The lowest BCUT2D eigenvalue weighted by atomic mass is 10.0. The van der Waals surface area contributed by atoms with Crippen LogP contribution in [0.5, 0.6) is 11.5 Å². The first-order valence-corrected chi connectivity index (χ1v) is 11.5. The molecule has 3 aromatic rings. The second-order valence-electron chi connectivity index (χ2n) is 8.00. The number of carboxylic acid groups (broad SMARTS) is 1. The molecule has 0 saturated carbocycles. The highest BCUT2D eigenvalue weighted by molar-refractivity contribution is 6.04. The number of rotatable bonds is 13. The monoisotopic (exact) mass is 515 g/mol. The van der Waals surface area contributed by atoms with Crippen LogP contribution in [0.4, 0.5) is 11.4 Å². The van der Waals surface area contributed by atoms with Crippen LogP contribution in [-0.4, -0.2) is 36.0 Å². The summed E-state index contributed by atoms with van der Waals surface area (Å²) in [7, 11) is 0. The van der Waals surface area contributed by atoms with Crippen LogP contribution >= 0.6 is 0 Å². The number of hydrazine groups is 1. The molecular formula is C28H29N5O5. The van der Waals surface area contributed by atoms with Crippen LogP contribution in [0, 0.1) is 5.41 Å². The van der Waals surface area contributed by atoms with Crippen molar-refractivity contribution in [2.45, 2.75) is 6.04 Å². The predicted molar refractivity (Wildman–Crippen MR) is 147 cm³/mol. The second kappa shape index (κ2) is 12.7. The molecule has 0 spiro atoms. The summed E-state index contributed by atoms with van der Waals surface area (Å²) in [6.07, 6.45) is 3.17. The lowest BCUT2D eigenvalue weighted by molar-refractivity contribution is -0.119. The van der Waals surface area contributed by atoms with E-state index in [0.717, 1.165) is 5.01 Å². The van der Waals surface area contributed by atoms with Crippen molar-refractivity contribution in [2.24, 2.45) is 11.6 Å². The molecule has 0 saturated heterocycles. The molecule has 0 bridgehead atoms. The molecule has 0 aliphatic carbocycles. The Morgan fingerprint density at radius 3 is 2.24 bits per heavy atom. The third-order valence-electron chi connectivity index (χ3n) is 5.40. The molecule has 0 aliphatic heterocycles. The molecule has 10 nitrogen and oxygen atoms in total. The molecule has 7 N–H and O–H groups in total. The van der Waals surface area contributed by atoms with E-state index >= 15 is 0 Å². The maximum Gasteiger partial charge on any atom is 0.337 e. The fourth-order valence-electron chi connectivity index (χ4n) is 3.56. The zero-order chi connectivity index (χ0) is 27.7. The maximum atomic E-state index is 13.8. The fraction of sp³-hybridized carbons (Fsp3) is 0.107. The largest absolute Gasteiger partial charge is 0.486 e. The van der Waals surface area contributed by atoms with Gasteiger partial charge in [-0.2, -0.15) is 0 Å². The SMILES string of the molecule is C=CCOc1ccc(C(Nc2ccc(C(=N)N)cc2)C(=O)N(N)c2ccccc2C(=O)O)cc1OCC=C. The molecule has 0 fully saturated rings. The van der Waals surface area contributed by atoms with Crippen molar-refractivity contribution in [3.63, 3.8) is 0 Å². The van der Waals surface area contributed by atoms with Crippen LogP contribution in [0.25, 0.3) is 0 Å². The molecule has 1 amide bonds. The number of para-hydroxylation sites is 1. The standard InChI is InChI=1S/C28H29N5O5/c1-3-15-37-23-14-11-19(17-24(23)38-16-4-2)25(32-20-12-9-18(10-13-20)26(29)30)27(34)33(31)22-8-6-5-7-21(22)28(35)36/h3-14,17,25,32H,1-2,15-16,31H2,(H3,29,30)(H,35,36).